The molecule has 0 aliphatic rings. The van der Waals surface area contributed by atoms with Crippen molar-refractivity contribution in [3.05, 3.63) is 71.4 Å². The highest BCUT2D eigenvalue weighted by Crippen LogP contribution is 2.23. The third-order valence-corrected chi connectivity index (χ3v) is 4.33. The Morgan fingerprint density at radius 3 is 2.34 bits per heavy atom. The number of carbonyl (C=O) groups excluding carboxylic acids is 1. The maximum atomic E-state index is 13.8. The van der Waals surface area contributed by atoms with E-state index in [2.05, 4.69) is 15.2 Å². The van der Waals surface area contributed by atoms with E-state index in [4.69, 9.17) is 0 Å². The molecule has 1 amide bonds. The van der Waals surface area contributed by atoms with Gasteiger partial charge >= 0.3 is 0 Å². The molecule has 0 saturated heterocycles. The van der Waals surface area contributed by atoms with Crippen LogP contribution in [-0.2, 0) is 17.8 Å². The van der Waals surface area contributed by atoms with Crippen molar-refractivity contribution < 1.29 is 18.3 Å². The molecule has 1 aromatic heterocycles. The summed E-state index contributed by atoms with van der Waals surface area (Å²) < 4.78 is 33.8. The molecule has 0 fully saturated rings. The molecule has 6 nitrogen and oxygen atoms in total. The Morgan fingerprint density at radius 2 is 1.76 bits per heavy atom. The predicted molar refractivity (Wildman–Crippen MR) is 107 cm³/mol. The van der Waals surface area contributed by atoms with Gasteiger partial charge in [-0.1, -0.05) is 12.1 Å². The van der Waals surface area contributed by atoms with Crippen molar-refractivity contribution in [2.45, 2.75) is 13.0 Å². The third kappa shape index (κ3) is 5.10. The Morgan fingerprint density at radius 1 is 1.10 bits per heavy atom. The van der Waals surface area contributed by atoms with Crippen LogP contribution in [0.5, 0.6) is 5.75 Å². The molecule has 0 spiro atoms. The number of amides is 1. The highest BCUT2D eigenvalue weighted by Gasteiger charge is 2.12. The number of anilines is 2. The van der Waals surface area contributed by atoms with Crippen LogP contribution in [0.25, 0.3) is 0 Å². The van der Waals surface area contributed by atoms with Crippen LogP contribution in [-0.4, -0.2) is 36.9 Å². The standard InChI is InChI=1S/C21H22F2N4O2/c1-26(2)16-6-4-14(5-7-16)12-20(28)24-19-8-9-27(25-19)13-15-10-17(22)21(29-3)18(23)11-15/h4-11H,12-13H2,1-3H3,(H,24,25,28). The van der Waals surface area contributed by atoms with E-state index in [1.807, 2.05) is 43.3 Å². The number of hydrogen-bond acceptors (Lipinski definition) is 4. The molecular weight excluding hydrogens is 378 g/mol. The molecule has 0 aliphatic carbocycles. The second-order valence-corrected chi connectivity index (χ2v) is 6.78. The first-order valence-electron chi connectivity index (χ1n) is 8.97. The summed E-state index contributed by atoms with van der Waals surface area (Å²) in [4.78, 5) is 14.2. The lowest BCUT2D eigenvalue weighted by molar-refractivity contribution is -0.115. The Labute approximate surface area is 167 Å². The number of halogens is 2. The fourth-order valence-electron chi connectivity index (χ4n) is 2.89. The van der Waals surface area contributed by atoms with E-state index >= 15 is 0 Å². The van der Waals surface area contributed by atoms with E-state index in [1.165, 1.54) is 23.9 Å². The number of nitrogens with one attached hydrogen (secondary N) is 1. The number of methoxy groups -OCH3 is 1. The van der Waals surface area contributed by atoms with Gasteiger partial charge in [0, 0.05) is 32.0 Å². The Bertz CT molecular complexity index is 977. The average molecular weight is 400 g/mol. The summed E-state index contributed by atoms with van der Waals surface area (Å²) in [6.45, 7) is 0.152. The minimum atomic E-state index is -0.775. The molecule has 8 heteroatoms. The fraction of sp³-hybridized carbons (Fsp3) is 0.238. The fourth-order valence-corrected chi connectivity index (χ4v) is 2.89. The van der Waals surface area contributed by atoms with Gasteiger partial charge in [-0.05, 0) is 35.4 Å². The average Bonchev–Trinajstić information content (AvgIpc) is 3.08. The van der Waals surface area contributed by atoms with Crippen molar-refractivity contribution >= 4 is 17.4 Å². The van der Waals surface area contributed by atoms with Crippen LogP contribution in [0.3, 0.4) is 0 Å². The van der Waals surface area contributed by atoms with Crippen molar-refractivity contribution in [3.8, 4) is 5.75 Å². The van der Waals surface area contributed by atoms with Crippen LogP contribution in [0.2, 0.25) is 0 Å². The number of nitrogens with zero attached hydrogens (tertiary/aromatic N) is 3. The number of aromatic nitrogens is 2. The Kier molecular flexibility index (Phi) is 6.11. The quantitative estimate of drug-likeness (QED) is 0.660. The van der Waals surface area contributed by atoms with Gasteiger partial charge in [0.2, 0.25) is 5.91 Å². The van der Waals surface area contributed by atoms with Crippen molar-refractivity contribution in [1.29, 1.82) is 0 Å². The SMILES string of the molecule is COc1c(F)cc(Cn2ccc(NC(=O)Cc3ccc(N(C)C)cc3)n2)cc1F. The topological polar surface area (TPSA) is 59.4 Å². The number of carbonyl (C=O) groups is 1. The van der Waals surface area contributed by atoms with Crippen molar-refractivity contribution in [2.75, 3.05) is 31.4 Å². The normalized spacial score (nSPS) is 10.7. The Hall–Kier alpha value is -3.42. The second kappa shape index (κ2) is 8.72. The van der Waals surface area contributed by atoms with Gasteiger partial charge in [0.05, 0.1) is 20.1 Å². The lowest BCUT2D eigenvalue weighted by Crippen LogP contribution is -2.15. The molecule has 1 heterocycles. The third-order valence-electron chi connectivity index (χ3n) is 4.33. The van der Waals surface area contributed by atoms with Crippen molar-refractivity contribution in [2.24, 2.45) is 0 Å². The molecule has 29 heavy (non-hydrogen) atoms. The van der Waals surface area contributed by atoms with Crippen LogP contribution in [0.4, 0.5) is 20.3 Å². The van der Waals surface area contributed by atoms with Gasteiger partial charge in [0.25, 0.3) is 0 Å². The number of benzene rings is 2. The van der Waals surface area contributed by atoms with Gasteiger partial charge in [-0.3, -0.25) is 9.48 Å². The van der Waals surface area contributed by atoms with Gasteiger partial charge in [-0.25, -0.2) is 8.78 Å². The monoisotopic (exact) mass is 400 g/mol. The zero-order valence-electron chi connectivity index (χ0n) is 16.4. The smallest absolute Gasteiger partial charge is 0.229 e. The van der Waals surface area contributed by atoms with Crippen molar-refractivity contribution in [1.82, 2.24) is 9.78 Å². The minimum Gasteiger partial charge on any atom is -0.491 e. The van der Waals surface area contributed by atoms with Gasteiger partial charge in [0.15, 0.2) is 23.2 Å². The predicted octanol–water partition coefficient (Wildman–Crippen LogP) is 3.47. The zero-order chi connectivity index (χ0) is 21.0. The maximum Gasteiger partial charge on any atom is 0.229 e. The van der Waals surface area contributed by atoms with E-state index in [-0.39, 0.29) is 18.9 Å². The summed E-state index contributed by atoms with van der Waals surface area (Å²) >= 11 is 0. The molecule has 0 atom stereocenters. The van der Waals surface area contributed by atoms with Gasteiger partial charge in [0.1, 0.15) is 0 Å². The number of hydrogen-bond donors (Lipinski definition) is 1. The first-order chi connectivity index (χ1) is 13.9. The molecule has 152 valence electrons. The second-order valence-electron chi connectivity index (χ2n) is 6.78. The highest BCUT2D eigenvalue weighted by molar-refractivity contribution is 5.91. The van der Waals surface area contributed by atoms with Gasteiger partial charge < -0.3 is 15.0 Å². The summed E-state index contributed by atoms with van der Waals surface area (Å²) in [7, 11) is 5.11. The molecule has 3 rings (SSSR count). The van der Waals surface area contributed by atoms with Crippen LogP contribution >= 0.6 is 0 Å². The molecule has 0 radical (unpaired) electrons. The van der Waals surface area contributed by atoms with Crippen LogP contribution in [0, 0.1) is 11.6 Å². The van der Waals surface area contributed by atoms with Gasteiger partial charge in [-0.2, -0.15) is 5.10 Å². The molecule has 0 bridgehead atoms. The van der Waals surface area contributed by atoms with E-state index in [1.54, 1.807) is 12.3 Å². The molecule has 1 N–H and O–H groups in total. The summed E-state index contributed by atoms with van der Waals surface area (Å²) in [5, 5.41) is 6.95. The summed E-state index contributed by atoms with van der Waals surface area (Å²) in [5.41, 5.74) is 2.33. The van der Waals surface area contributed by atoms with E-state index < -0.39 is 17.4 Å². The molecule has 0 aliphatic heterocycles. The first kappa shape index (κ1) is 20.3. The number of ether oxygens (including phenoxy) is 1. The summed E-state index contributed by atoms with van der Waals surface area (Å²) in [6.07, 6.45) is 1.84. The van der Waals surface area contributed by atoms with E-state index in [0.717, 1.165) is 11.3 Å². The molecular formula is C21H22F2N4O2. The zero-order valence-corrected chi connectivity index (χ0v) is 16.4. The highest BCUT2D eigenvalue weighted by atomic mass is 19.1. The van der Waals surface area contributed by atoms with Gasteiger partial charge in [-0.15, -0.1) is 0 Å². The molecule has 3 aromatic rings. The maximum absolute atomic E-state index is 13.8. The summed E-state index contributed by atoms with van der Waals surface area (Å²) in [6, 6.07) is 11.7. The first-order valence-corrected chi connectivity index (χ1v) is 8.97. The molecule has 0 saturated carbocycles. The summed E-state index contributed by atoms with van der Waals surface area (Å²) in [5.74, 6) is -1.79. The molecule has 0 unspecified atom stereocenters. The molecule has 2 aromatic carbocycles. The number of rotatable bonds is 7. The lowest BCUT2D eigenvalue weighted by atomic mass is 10.1. The van der Waals surface area contributed by atoms with E-state index in [0.29, 0.717) is 11.4 Å². The minimum absolute atomic E-state index is 0.152. The van der Waals surface area contributed by atoms with Crippen LogP contribution in [0.1, 0.15) is 11.1 Å². The van der Waals surface area contributed by atoms with Crippen LogP contribution in [0.15, 0.2) is 48.7 Å². The largest absolute Gasteiger partial charge is 0.491 e. The van der Waals surface area contributed by atoms with Crippen LogP contribution < -0.4 is 15.0 Å². The lowest BCUT2D eigenvalue weighted by Gasteiger charge is -2.12. The van der Waals surface area contributed by atoms with E-state index in [9.17, 15) is 13.6 Å². The Balaban J connectivity index is 1.60. The van der Waals surface area contributed by atoms with Crippen molar-refractivity contribution in [3.63, 3.8) is 0 Å².